The van der Waals surface area contributed by atoms with Crippen LogP contribution in [0.3, 0.4) is 0 Å². The molecule has 0 heterocycles. The van der Waals surface area contributed by atoms with Crippen molar-refractivity contribution in [1.82, 2.24) is 10.2 Å². The predicted octanol–water partition coefficient (Wildman–Crippen LogP) is 2.56. The monoisotopic (exact) mass is 394 g/mol. The Morgan fingerprint density at radius 3 is 2.50 bits per heavy atom. The minimum Gasteiger partial charge on any atom is -0.493 e. The summed E-state index contributed by atoms with van der Waals surface area (Å²) in [5.41, 5.74) is 0.513. The molecule has 0 aromatic heterocycles. The van der Waals surface area contributed by atoms with Crippen molar-refractivity contribution in [3.8, 4) is 11.5 Å². The lowest BCUT2D eigenvalue weighted by Crippen LogP contribution is -2.41. The Labute approximate surface area is 169 Å². The second kappa shape index (κ2) is 11.6. The molecule has 1 atom stereocenters. The first-order valence-electron chi connectivity index (χ1n) is 10.6. The number of likely N-dealkylation sites (N-methyl/N-ethyl adjacent to an activating group) is 1. The van der Waals surface area contributed by atoms with Crippen molar-refractivity contribution in [2.24, 2.45) is 0 Å². The molecule has 28 heavy (non-hydrogen) atoms. The Balaban J connectivity index is 1.83. The van der Waals surface area contributed by atoms with Crippen molar-refractivity contribution in [3.63, 3.8) is 0 Å². The molecule has 0 amide bonds. The average molecular weight is 395 g/mol. The van der Waals surface area contributed by atoms with Crippen molar-refractivity contribution in [2.75, 3.05) is 39.9 Å². The van der Waals surface area contributed by atoms with Crippen molar-refractivity contribution in [3.05, 3.63) is 23.8 Å². The van der Waals surface area contributed by atoms with Crippen molar-refractivity contribution in [2.45, 2.75) is 64.2 Å². The molecule has 6 nitrogen and oxygen atoms in total. The molecule has 1 aliphatic carbocycles. The molecule has 0 spiro atoms. The maximum Gasteiger partial charge on any atom is 0.161 e. The molecule has 1 aromatic carbocycles. The fourth-order valence-electron chi connectivity index (χ4n) is 3.79. The first-order chi connectivity index (χ1) is 13.5. The van der Waals surface area contributed by atoms with Gasteiger partial charge in [0.15, 0.2) is 11.5 Å². The Kier molecular flexibility index (Phi) is 9.51. The van der Waals surface area contributed by atoms with Crippen LogP contribution in [0.1, 0.15) is 51.5 Å². The molecule has 0 bridgehead atoms. The van der Waals surface area contributed by atoms with Crippen LogP contribution in [0, 0.1) is 0 Å². The highest BCUT2D eigenvalue weighted by Gasteiger charge is 2.28. The normalized spacial score (nSPS) is 17.5. The van der Waals surface area contributed by atoms with Gasteiger partial charge in [0.05, 0.1) is 12.7 Å². The summed E-state index contributed by atoms with van der Waals surface area (Å²) in [4.78, 5) is 2.17. The van der Waals surface area contributed by atoms with E-state index in [2.05, 4.69) is 24.1 Å². The number of rotatable bonds is 12. The maximum absolute atomic E-state index is 10.6. The second-order valence-electron chi connectivity index (χ2n) is 7.82. The molecule has 0 radical (unpaired) electrons. The number of ether oxygens (including phenoxy) is 2. The summed E-state index contributed by atoms with van der Waals surface area (Å²) in [6.07, 6.45) is 4.67. The van der Waals surface area contributed by atoms with Gasteiger partial charge in [-0.3, -0.25) is 0 Å². The van der Waals surface area contributed by atoms with Gasteiger partial charge >= 0.3 is 0 Å². The Hall–Kier alpha value is -1.34. The predicted molar refractivity (Wildman–Crippen MR) is 112 cm³/mol. The van der Waals surface area contributed by atoms with E-state index in [1.807, 2.05) is 18.2 Å². The summed E-state index contributed by atoms with van der Waals surface area (Å²) >= 11 is 0. The zero-order chi connectivity index (χ0) is 20.4. The zero-order valence-electron chi connectivity index (χ0n) is 17.7. The van der Waals surface area contributed by atoms with E-state index in [4.69, 9.17) is 9.47 Å². The van der Waals surface area contributed by atoms with Crippen molar-refractivity contribution < 1.29 is 19.7 Å². The fraction of sp³-hybridized carbons (Fsp3) is 0.727. The van der Waals surface area contributed by atoms with Crippen LogP contribution in [0.25, 0.3) is 0 Å². The first-order valence-corrected chi connectivity index (χ1v) is 10.6. The highest BCUT2D eigenvalue weighted by Crippen LogP contribution is 2.29. The lowest BCUT2D eigenvalue weighted by atomic mass is 9.85. The van der Waals surface area contributed by atoms with Crippen LogP contribution in [0.15, 0.2) is 18.2 Å². The van der Waals surface area contributed by atoms with E-state index in [-0.39, 0.29) is 6.61 Å². The van der Waals surface area contributed by atoms with E-state index < -0.39 is 11.7 Å². The van der Waals surface area contributed by atoms with Crippen LogP contribution < -0.4 is 14.8 Å². The number of aliphatic hydroxyl groups excluding tert-OH is 1. The summed E-state index contributed by atoms with van der Waals surface area (Å²) in [6.45, 7) is 8.10. The van der Waals surface area contributed by atoms with Crippen molar-refractivity contribution in [1.29, 1.82) is 0 Å². The molecule has 3 N–H and O–H groups in total. The molecule has 160 valence electrons. The average Bonchev–Trinajstić information content (AvgIpc) is 2.71. The molecule has 0 aliphatic heterocycles. The lowest BCUT2D eigenvalue weighted by Gasteiger charge is -2.32. The van der Waals surface area contributed by atoms with E-state index in [1.165, 1.54) is 6.42 Å². The number of hydrogen-bond acceptors (Lipinski definition) is 6. The zero-order valence-corrected chi connectivity index (χ0v) is 17.7. The smallest absolute Gasteiger partial charge is 0.161 e. The summed E-state index contributed by atoms with van der Waals surface area (Å²) in [6, 6.07) is 5.83. The quantitative estimate of drug-likeness (QED) is 0.506. The molecule has 1 saturated carbocycles. The van der Waals surface area contributed by atoms with Gasteiger partial charge in [0.25, 0.3) is 0 Å². The molecule has 6 heteroatoms. The van der Waals surface area contributed by atoms with Crippen LogP contribution in [0.2, 0.25) is 0 Å². The van der Waals surface area contributed by atoms with Crippen LogP contribution in [0.4, 0.5) is 0 Å². The molecule has 1 aliphatic rings. The van der Waals surface area contributed by atoms with E-state index in [0.29, 0.717) is 31.1 Å². The third-order valence-corrected chi connectivity index (χ3v) is 5.59. The van der Waals surface area contributed by atoms with Gasteiger partial charge in [-0.25, -0.2) is 0 Å². The Morgan fingerprint density at radius 2 is 1.86 bits per heavy atom. The summed E-state index contributed by atoms with van der Waals surface area (Å²) < 4.78 is 11.3. The van der Waals surface area contributed by atoms with Crippen molar-refractivity contribution >= 4 is 0 Å². The highest BCUT2D eigenvalue weighted by molar-refractivity contribution is 5.43. The topological polar surface area (TPSA) is 74.2 Å². The van der Waals surface area contributed by atoms with Gasteiger partial charge in [-0.15, -0.1) is 0 Å². The largest absolute Gasteiger partial charge is 0.493 e. The first kappa shape index (κ1) is 22.9. The Bertz CT molecular complexity index is 572. The number of methoxy groups -OCH3 is 1. The summed E-state index contributed by atoms with van der Waals surface area (Å²) in [7, 11) is 1.62. The van der Waals surface area contributed by atoms with Gasteiger partial charge in [0.2, 0.25) is 0 Å². The maximum atomic E-state index is 10.6. The van der Waals surface area contributed by atoms with Crippen LogP contribution in [-0.4, -0.2) is 66.7 Å². The minimum absolute atomic E-state index is 0.234. The molecular weight excluding hydrogens is 356 g/mol. The van der Waals surface area contributed by atoms with Crippen LogP contribution in [0.5, 0.6) is 11.5 Å². The third-order valence-electron chi connectivity index (χ3n) is 5.59. The van der Waals surface area contributed by atoms with Gasteiger partial charge in [-0.2, -0.15) is 0 Å². The molecule has 2 rings (SSSR count). The number of hydrogen-bond donors (Lipinski definition) is 3. The van der Waals surface area contributed by atoms with E-state index >= 15 is 0 Å². The van der Waals surface area contributed by atoms with Gasteiger partial charge < -0.3 is 29.9 Å². The van der Waals surface area contributed by atoms with E-state index in [1.54, 1.807) is 7.11 Å². The molecule has 0 unspecified atom stereocenters. The molecule has 0 saturated heterocycles. The molecule has 1 fully saturated rings. The van der Waals surface area contributed by atoms with Gasteiger partial charge in [-0.05, 0) is 43.6 Å². The van der Waals surface area contributed by atoms with Crippen LogP contribution >= 0.6 is 0 Å². The van der Waals surface area contributed by atoms with Gasteiger partial charge in [0.1, 0.15) is 12.7 Å². The summed E-state index contributed by atoms with van der Waals surface area (Å²) in [5.74, 6) is 1.29. The van der Waals surface area contributed by atoms with Gasteiger partial charge in [0, 0.05) is 19.6 Å². The Morgan fingerprint density at radius 1 is 1.14 bits per heavy atom. The number of benzene rings is 1. The second-order valence-corrected chi connectivity index (χ2v) is 7.82. The molecular formula is C22H38N2O4. The minimum atomic E-state index is -0.563. The molecule has 1 aromatic rings. The standard InChI is InChI=1S/C22H38N2O4/c1-4-24(5-2)15-19(25)16-28-20-10-9-18(13-21(20)27-3)14-23-17-22(26)11-7-6-8-12-22/h9-10,13,19,23,25-26H,4-8,11-12,14-17H2,1-3H3/t19-/m1/s1. The fourth-order valence-corrected chi connectivity index (χ4v) is 3.79. The van der Waals surface area contributed by atoms with E-state index in [0.717, 1.165) is 44.3 Å². The lowest BCUT2D eigenvalue weighted by molar-refractivity contribution is 0.00467. The number of nitrogens with zero attached hydrogens (tertiary/aromatic N) is 1. The van der Waals surface area contributed by atoms with Gasteiger partial charge in [-0.1, -0.05) is 39.2 Å². The van der Waals surface area contributed by atoms with E-state index in [9.17, 15) is 10.2 Å². The highest BCUT2D eigenvalue weighted by atomic mass is 16.5. The summed E-state index contributed by atoms with van der Waals surface area (Å²) in [5, 5.41) is 24.1. The third kappa shape index (κ3) is 7.24. The van der Waals surface area contributed by atoms with Crippen LogP contribution in [-0.2, 0) is 6.54 Å². The SMILES string of the molecule is CCN(CC)C[C@@H](O)COc1ccc(CNCC2(O)CCCCC2)cc1OC. The number of aliphatic hydroxyl groups is 2. The number of nitrogens with one attached hydrogen (secondary N) is 1.